The molecule has 1 heterocycles. The van der Waals surface area contributed by atoms with E-state index in [1.165, 1.54) is 0 Å². The molecule has 0 spiro atoms. The molecule has 1 saturated heterocycles. The highest BCUT2D eigenvalue weighted by atomic mass is 28.4. The molecule has 3 nitrogen and oxygen atoms in total. The molecule has 0 aromatic heterocycles. The summed E-state index contributed by atoms with van der Waals surface area (Å²) in [6.07, 6.45) is -0.141. The van der Waals surface area contributed by atoms with Crippen molar-refractivity contribution in [2.75, 3.05) is 0 Å². The summed E-state index contributed by atoms with van der Waals surface area (Å²) in [5.41, 5.74) is -0.728. The highest BCUT2D eigenvalue weighted by Crippen LogP contribution is 2.42. The Morgan fingerprint density at radius 2 is 2.00 bits per heavy atom. The largest absolute Gasteiger partial charge is 0.409 e. The molecule has 19 heavy (non-hydrogen) atoms. The monoisotopic (exact) mass is 285 g/mol. The second-order valence-electron chi connectivity index (χ2n) is 7.04. The lowest BCUT2D eigenvalue weighted by Crippen LogP contribution is -2.51. The average Bonchev–Trinajstić information content (AvgIpc) is 2.53. The van der Waals surface area contributed by atoms with Gasteiger partial charge in [0.1, 0.15) is 14.0 Å². The van der Waals surface area contributed by atoms with Gasteiger partial charge in [0.2, 0.25) is 0 Å². The van der Waals surface area contributed by atoms with E-state index in [4.69, 9.17) is 18.4 Å². The third-order valence-corrected chi connectivity index (χ3v) is 9.28. The lowest BCUT2D eigenvalue weighted by molar-refractivity contribution is -0.0735. The minimum atomic E-state index is -2.02. The first-order valence-electron chi connectivity index (χ1n) is 7.80. The molecular weight excluding hydrogens is 255 g/mol. The number of hydrogen-bond donors (Lipinski definition) is 1. The molecule has 0 aromatic rings. The molecule has 0 aromatic carbocycles. The van der Waals surface area contributed by atoms with E-state index in [9.17, 15) is 5.11 Å². The minimum absolute atomic E-state index is 0.0549. The SMILES string of the molecule is [2H]CC[C@@]1(CC)O[C@@H]([B])[C@@H](O[Si](C)(C)C(C)(C)C)C1O. The molecule has 4 atom stereocenters. The van der Waals surface area contributed by atoms with E-state index in [-0.39, 0.29) is 11.9 Å². The van der Waals surface area contributed by atoms with Gasteiger partial charge in [-0.25, -0.2) is 0 Å². The van der Waals surface area contributed by atoms with Crippen molar-refractivity contribution < 1.29 is 15.6 Å². The molecule has 1 aliphatic heterocycles. The van der Waals surface area contributed by atoms with Gasteiger partial charge in [-0.05, 0) is 31.0 Å². The summed E-state index contributed by atoms with van der Waals surface area (Å²) in [5.74, 6) is 0. The van der Waals surface area contributed by atoms with E-state index < -0.39 is 32.1 Å². The number of aliphatic hydroxyl groups excluding tert-OH is 1. The van der Waals surface area contributed by atoms with E-state index in [0.29, 0.717) is 12.8 Å². The summed E-state index contributed by atoms with van der Waals surface area (Å²) in [7, 11) is 4.04. The van der Waals surface area contributed by atoms with Gasteiger partial charge in [-0.1, -0.05) is 34.6 Å². The van der Waals surface area contributed by atoms with Crippen molar-refractivity contribution in [3.05, 3.63) is 0 Å². The Hall–Kier alpha value is 0.162. The fourth-order valence-electron chi connectivity index (χ4n) is 2.21. The summed E-state index contributed by atoms with van der Waals surface area (Å²) >= 11 is 0. The van der Waals surface area contributed by atoms with Gasteiger partial charge in [-0.15, -0.1) is 0 Å². The van der Waals surface area contributed by atoms with Crippen LogP contribution < -0.4 is 0 Å². The Bertz CT molecular complexity index is 335. The Morgan fingerprint density at radius 3 is 2.42 bits per heavy atom. The first-order valence-corrected chi connectivity index (χ1v) is 10.00. The Labute approximate surface area is 122 Å². The molecule has 1 unspecified atom stereocenters. The zero-order chi connectivity index (χ0) is 15.8. The molecular formula is C14H29BO3Si. The van der Waals surface area contributed by atoms with E-state index in [1.807, 2.05) is 6.92 Å². The van der Waals surface area contributed by atoms with Crippen molar-refractivity contribution in [3.8, 4) is 0 Å². The van der Waals surface area contributed by atoms with Crippen LogP contribution in [0, 0.1) is 0 Å². The Morgan fingerprint density at radius 1 is 1.42 bits per heavy atom. The topological polar surface area (TPSA) is 38.7 Å². The number of rotatable bonds is 4. The van der Waals surface area contributed by atoms with E-state index in [0.717, 1.165) is 0 Å². The van der Waals surface area contributed by atoms with Gasteiger partial charge in [0, 0.05) is 7.37 Å². The summed E-state index contributed by atoms with van der Waals surface area (Å²) in [6, 6.07) is -0.620. The third kappa shape index (κ3) is 3.09. The van der Waals surface area contributed by atoms with Crippen LogP contribution in [0.2, 0.25) is 18.1 Å². The van der Waals surface area contributed by atoms with Crippen molar-refractivity contribution in [3.63, 3.8) is 0 Å². The van der Waals surface area contributed by atoms with Gasteiger partial charge in [-0.3, -0.25) is 0 Å². The lowest BCUT2D eigenvalue weighted by atomic mass is 9.86. The maximum atomic E-state index is 10.6. The number of hydrogen-bond acceptors (Lipinski definition) is 3. The molecule has 1 rings (SSSR count). The van der Waals surface area contributed by atoms with Crippen LogP contribution in [0.3, 0.4) is 0 Å². The first kappa shape index (κ1) is 15.5. The van der Waals surface area contributed by atoms with E-state index in [2.05, 4.69) is 33.9 Å². The quantitative estimate of drug-likeness (QED) is 0.807. The molecule has 0 amide bonds. The van der Waals surface area contributed by atoms with Gasteiger partial charge < -0.3 is 14.3 Å². The van der Waals surface area contributed by atoms with Crippen molar-refractivity contribution in [2.45, 2.75) is 89.4 Å². The molecule has 0 bridgehead atoms. The normalized spacial score (nSPS) is 37.4. The van der Waals surface area contributed by atoms with Crippen molar-refractivity contribution in [1.82, 2.24) is 0 Å². The fraction of sp³-hybridized carbons (Fsp3) is 1.00. The Balaban J connectivity index is 2.92. The molecule has 1 aliphatic rings. The zero-order valence-electron chi connectivity index (χ0n) is 14.2. The standard InChI is InChI=1S/C14H29BO3Si/c1-8-14(9-2)11(16)10(12(15)17-14)18-19(6,7)13(3,4)5/h10-12,16H,8-9H2,1-7H3/t10-,11?,12+/m0/s1/i1D/t10-,11?,12+,14-. The van der Waals surface area contributed by atoms with Gasteiger partial charge in [0.15, 0.2) is 8.32 Å². The lowest BCUT2D eigenvalue weighted by Gasteiger charge is -2.40. The smallest absolute Gasteiger partial charge is 0.192 e. The van der Waals surface area contributed by atoms with Gasteiger partial charge in [0.05, 0.1) is 11.7 Å². The fourth-order valence-corrected chi connectivity index (χ4v) is 3.51. The van der Waals surface area contributed by atoms with Crippen LogP contribution in [0.5, 0.6) is 0 Å². The Kier molecular flexibility index (Phi) is 4.51. The zero-order valence-corrected chi connectivity index (χ0v) is 14.2. The van der Waals surface area contributed by atoms with Crippen molar-refractivity contribution in [1.29, 1.82) is 0 Å². The van der Waals surface area contributed by atoms with Gasteiger partial charge >= 0.3 is 0 Å². The number of aliphatic hydroxyl groups is 1. The van der Waals surface area contributed by atoms with Crippen LogP contribution in [0.25, 0.3) is 0 Å². The maximum Gasteiger partial charge on any atom is 0.192 e. The highest BCUT2D eigenvalue weighted by molar-refractivity contribution is 6.74. The highest BCUT2D eigenvalue weighted by Gasteiger charge is 2.53. The second kappa shape index (κ2) is 5.51. The summed E-state index contributed by atoms with van der Waals surface area (Å²) < 4.78 is 19.5. The predicted molar refractivity (Wildman–Crippen MR) is 82.0 cm³/mol. The van der Waals surface area contributed by atoms with E-state index in [1.54, 1.807) is 0 Å². The minimum Gasteiger partial charge on any atom is -0.409 e. The summed E-state index contributed by atoms with van der Waals surface area (Å²) in [6.45, 7) is 12.9. The van der Waals surface area contributed by atoms with Gasteiger partial charge in [0.25, 0.3) is 0 Å². The maximum absolute atomic E-state index is 10.6. The molecule has 0 aliphatic carbocycles. The third-order valence-electron chi connectivity index (χ3n) is 4.80. The van der Waals surface area contributed by atoms with Crippen LogP contribution in [-0.4, -0.2) is 45.1 Å². The molecule has 1 fully saturated rings. The molecule has 2 radical (unpaired) electrons. The number of ether oxygens (including phenoxy) is 1. The van der Waals surface area contributed by atoms with Crippen LogP contribution >= 0.6 is 0 Å². The summed E-state index contributed by atoms with van der Waals surface area (Å²) in [4.78, 5) is 0. The molecule has 110 valence electrons. The summed E-state index contributed by atoms with van der Waals surface area (Å²) in [5, 5.41) is 10.7. The molecule has 5 heteroatoms. The van der Waals surface area contributed by atoms with Crippen LogP contribution in [0.15, 0.2) is 0 Å². The predicted octanol–water partition coefficient (Wildman–Crippen LogP) is 2.82. The second-order valence-corrected chi connectivity index (χ2v) is 11.8. The van der Waals surface area contributed by atoms with Crippen LogP contribution in [0.1, 0.15) is 48.8 Å². The van der Waals surface area contributed by atoms with Crippen molar-refractivity contribution in [2.24, 2.45) is 0 Å². The van der Waals surface area contributed by atoms with E-state index >= 15 is 0 Å². The van der Waals surface area contributed by atoms with Crippen LogP contribution in [0.4, 0.5) is 0 Å². The molecule has 0 saturated carbocycles. The van der Waals surface area contributed by atoms with Crippen molar-refractivity contribution >= 4 is 16.2 Å². The average molecular weight is 285 g/mol. The van der Waals surface area contributed by atoms with Crippen LogP contribution in [-0.2, 0) is 9.16 Å². The first-order chi connectivity index (χ1) is 9.00. The van der Waals surface area contributed by atoms with Gasteiger partial charge in [-0.2, -0.15) is 0 Å². The molecule has 1 N–H and O–H groups in total.